The highest BCUT2D eigenvalue weighted by molar-refractivity contribution is 7.88. The van der Waals surface area contributed by atoms with E-state index in [0.717, 1.165) is 24.8 Å². The molecule has 3 atom stereocenters. The van der Waals surface area contributed by atoms with Gasteiger partial charge in [0.2, 0.25) is 10.0 Å². The second kappa shape index (κ2) is 7.60. The predicted octanol–water partition coefficient (Wildman–Crippen LogP) is 2.07. The van der Waals surface area contributed by atoms with Gasteiger partial charge in [-0.05, 0) is 44.1 Å². The Morgan fingerprint density at radius 1 is 1.26 bits per heavy atom. The van der Waals surface area contributed by atoms with Crippen LogP contribution >= 0.6 is 0 Å². The Labute approximate surface area is 119 Å². The fraction of sp³-hybridized carbons (Fsp3) is 1.00. The molecule has 3 unspecified atom stereocenters. The molecule has 1 saturated carbocycles. The second-order valence-corrected chi connectivity index (χ2v) is 8.05. The van der Waals surface area contributed by atoms with E-state index in [1.807, 2.05) is 6.92 Å². The molecule has 1 rings (SSSR count). The molecule has 4 nitrogen and oxygen atoms in total. The summed E-state index contributed by atoms with van der Waals surface area (Å²) in [5.74, 6) is 1.59. The first-order chi connectivity index (χ1) is 8.84. The molecule has 1 N–H and O–H groups in total. The Morgan fingerprint density at radius 3 is 2.47 bits per heavy atom. The molecule has 0 aromatic carbocycles. The maximum atomic E-state index is 11.5. The summed E-state index contributed by atoms with van der Waals surface area (Å²) in [6.45, 7) is 8.64. The molecule has 0 spiro atoms. The molecule has 0 amide bonds. The third-order valence-corrected chi connectivity index (χ3v) is 5.62. The zero-order valence-electron chi connectivity index (χ0n) is 12.9. The normalized spacial score (nSPS) is 28.8. The van der Waals surface area contributed by atoms with Gasteiger partial charge in [-0.2, -0.15) is 0 Å². The third kappa shape index (κ3) is 5.79. The van der Waals surface area contributed by atoms with Crippen molar-refractivity contribution in [2.75, 3.05) is 25.9 Å². The van der Waals surface area contributed by atoms with Crippen LogP contribution in [-0.4, -0.2) is 44.7 Å². The van der Waals surface area contributed by atoms with E-state index in [2.05, 4.69) is 19.2 Å². The maximum absolute atomic E-state index is 11.5. The summed E-state index contributed by atoms with van der Waals surface area (Å²) in [6.07, 6.45) is 6.05. The van der Waals surface area contributed by atoms with Crippen molar-refractivity contribution in [3.8, 4) is 0 Å². The minimum absolute atomic E-state index is 0.566. The minimum Gasteiger partial charge on any atom is -0.314 e. The average molecular weight is 290 g/mol. The van der Waals surface area contributed by atoms with Gasteiger partial charge in [0.15, 0.2) is 0 Å². The van der Waals surface area contributed by atoms with Crippen molar-refractivity contribution >= 4 is 10.0 Å². The summed E-state index contributed by atoms with van der Waals surface area (Å²) in [6, 6.07) is 0.615. The Bertz CT molecular complexity index is 356. The maximum Gasteiger partial charge on any atom is 0.211 e. The molecule has 0 aliphatic heterocycles. The van der Waals surface area contributed by atoms with Crippen LogP contribution in [0.15, 0.2) is 0 Å². The molecule has 5 heteroatoms. The Kier molecular flexibility index (Phi) is 6.77. The molecule has 0 aromatic heterocycles. The lowest BCUT2D eigenvalue weighted by Gasteiger charge is -2.33. The molecule has 1 fully saturated rings. The van der Waals surface area contributed by atoms with Gasteiger partial charge in [0.25, 0.3) is 0 Å². The monoisotopic (exact) mass is 290 g/mol. The van der Waals surface area contributed by atoms with Gasteiger partial charge in [-0.25, -0.2) is 12.7 Å². The van der Waals surface area contributed by atoms with E-state index in [1.54, 1.807) is 4.31 Å². The Morgan fingerprint density at radius 2 is 1.95 bits per heavy atom. The lowest BCUT2D eigenvalue weighted by Crippen LogP contribution is -2.40. The quantitative estimate of drug-likeness (QED) is 0.730. The SMILES string of the molecule is CCN(CCCNC1CCC(C)CC1C)S(C)(=O)=O. The van der Waals surface area contributed by atoms with Crippen LogP contribution in [0.3, 0.4) is 0 Å². The largest absolute Gasteiger partial charge is 0.314 e. The van der Waals surface area contributed by atoms with Gasteiger partial charge in [-0.3, -0.25) is 0 Å². The minimum atomic E-state index is -3.03. The van der Waals surface area contributed by atoms with Gasteiger partial charge < -0.3 is 5.32 Å². The fourth-order valence-corrected chi connectivity index (χ4v) is 4.00. The molecule has 19 heavy (non-hydrogen) atoms. The number of hydrogen-bond donors (Lipinski definition) is 1. The molecule has 114 valence electrons. The molecule has 0 bridgehead atoms. The summed E-state index contributed by atoms with van der Waals surface area (Å²) in [7, 11) is -3.03. The second-order valence-electron chi connectivity index (χ2n) is 6.06. The summed E-state index contributed by atoms with van der Waals surface area (Å²) in [5.41, 5.74) is 0. The van der Waals surface area contributed by atoms with Crippen LogP contribution in [0.4, 0.5) is 0 Å². The van der Waals surface area contributed by atoms with Gasteiger partial charge in [-0.1, -0.05) is 20.8 Å². The number of rotatable bonds is 7. The lowest BCUT2D eigenvalue weighted by atomic mass is 9.80. The van der Waals surface area contributed by atoms with Crippen LogP contribution in [0.25, 0.3) is 0 Å². The van der Waals surface area contributed by atoms with Crippen LogP contribution in [0.5, 0.6) is 0 Å². The Hall–Kier alpha value is -0.130. The summed E-state index contributed by atoms with van der Waals surface area (Å²) < 4.78 is 24.4. The first-order valence-electron chi connectivity index (χ1n) is 7.53. The smallest absolute Gasteiger partial charge is 0.211 e. The molecule has 0 heterocycles. The van der Waals surface area contributed by atoms with Crippen LogP contribution in [-0.2, 0) is 10.0 Å². The summed E-state index contributed by atoms with van der Waals surface area (Å²) >= 11 is 0. The molecule has 1 aliphatic carbocycles. The van der Waals surface area contributed by atoms with Gasteiger partial charge in [-0.15, -0.1) is 0 Å². The van der Waals surface area contributed by atoms with Crippen molar-refractivity contribution in [2.45, 2.75) is 52.5 Å². The van der Waals surface area contributed by atoms with Gasteiger partial charge >= 0.3 is 0 Å². The van der Waals surface area contributed by atoms with E-state index in [-0.39, 0.29) is 0 Å². The van der Waals surface area contributed by atoms with Gasteiger partial charge in [0.05, 0.1) is 6.26 Å². The highest BCUT2D eigenvalue weighted by Gasteiger charge is 2.24. The van der Waals surface area contributed by atoms with Crippen molar-refractivity contribution in [2.24, 2.45) is 11.8 Å². The molecular weight excluding hydrogens is 260 g/mol. The van der Waals surface area contributed by atoms with E-state index in [4.69, 9.17) is 0 Å². The fourth-order valence-electron chi connectivity index (χ4n) is 3.07. The third-order valence-electron chi connectivity index (χ3n) is 4.24. The number of nitrogens with zero attached hydrogens (tertiary/aromatic N) is 1. The van der Waals surface area contributed by atoms with Crippen molar-refractivity contribution in [1.82, 2.24) is 9.62 Å². The molecule has 0 saturated heterocycles. The van der Waals surface area contributed by atoms with E-state index in [9.17, 15) is 8.42 Å². The topological polar surface area (TPSA) is 49.4 Å². The summed E-state index contributed by atoms with van der Waals surface area (Å²) in [5, 5.41) is 3.60. The predicted molar refractivity (Wildman–Crippen MR) is 80.7 cm³/mol. The van der Waals surface area contributed by atoms with Crippen LogP contribution in [0.1, 0.15) is 46.5 Å². The van der Waals surface area contributed by atoms with Crippen molar-refractivity contribution in [1.29, 1.82) is 0 Å². The Balaban J connectivity index is 2.24. The standard InChI is InChI=1S/C14H30N2O2S/c1-5-16(19(4,17)18)10-6-9-15-14-8-7-12(2)11-13(14)3/h12-15H,5-11H2,1-4H3. The van der Waals surface area contributed by atoms with E-state index in [1.165, 1.54) is 25.5 Å². The van der Waals surface area contributed by atoms with Crippen LogP contribution in [0, 0.1) is 11.8 Å². The van der Waals surface area contributed by atoms with Gasteiger partial charge in [0.1, 0.15) is 0 Å². The molecular formula is C14H30N2O2S. The summed E-state index contributed by atoms with van der Waals surface area (Å²) in [4.78, 5) is 0. The van der Waals surface area contributed by atoms with Crippen molar-refractivity contribution in [3.63, 3.8) is 0 Å². The first kappa shape index (κ1) is 16.9. The van der Waals surface area contributed by atoms with E-state index < -0.39 is 10.0 Å². The van der Waals surface area contributed by atoms with E-state index >= 15 is 0 Å². The van der Waals surface area contributed by atoms with Crippen molar-refractivity contribution in [3.05, 3.63) is 0 Å². The molecule has 1 aliphatic rings. The lowest BCUT2D eigenvalue weighted by molar-refractivity contribution is 0.227. The number of sulfonamides is 1. The number of hydrogen-bond acceptors (Lipinski definition) is 3. The zero-order chi connectivity index (χ0) is 14.5. The highest BCUT2D eigenvalue weighted by Crippen LogP contribution is 2.28. The highest BCUT2D eigenvalue weighted by atomic mass is 32.2. The van der Waals surface area contributed by atoms with Gasteiger partial charge in [0, 0.05) is 19.1 Å². The van der Waals surface area contributed by atoms with Crippen LogP contribution < -0.4 is 5.32 Å². The average Bonchev–Trinajstić information content (AvgIpc) is 2.29. The van der Waals surface area contributed by atoms with Crippen LogP contribution in [0.2, 0.25) is 0 Å². The molecule has 0 aromatic rings. The number of nitrogens with one attached hydrogen (secondary N) is 1. The zero-order valence-corrected chi connectivity index (χ0v) is 13.7. The van der Waals surface area contributed by atoms with Crippen molar-refractivity contribution < 1.29 is 8.42 Å². The first-order valence-corrected chi connectivity index (χ1v) is 9.38. The molecule has 0 radical (unpaired) electrons. The van der Waals surface area contributed by atoms with E-state index in [0.29, 0.717) is 19.1 Å².